The number of benzene rings is 1. The van der Waals surface area contributed by atoms with Crippen molar-refractivity contribution in [2.24, 2.45) is 5.92 Å². The highest BCUT2D eigenvalue weighted by Gasteiger charge is 2.32. The van der Waals surface area contributed by atoms with E-state index in [1.165, 1.54) is 11.1 Å². The lowest BCUT2D eigenvalue weighted by Gasteiger charge is -2.35. The summed E-state index contributed by atoms with van der Waals surface area (Å²) in [7, 11) is 3.40. The number of aliphatic hydroxyl groups is 1. The van der Waals surface area contributed by atoms with Gasteiger partial charge < -0.3 is 14.6 Å². The maximum atomic E-state index is 9.52. The van der Waals surface area contributed by atoms with Gasteiger partial charge in [-0.3, -0.25) is 0 Å². The molecule has 0 fully saturated rings. The number of methoxy groups -OCH3 is 2. The zero-order valence-electron chi connectivity index (χ0n) is 13.2. The van der Waals surface area contributed by atoms with Gasteiger partial charge in [-0.05, 0) is 48.6 Å². The van der Waals surface area contributed by atoms with Crippen molar-refractivity contribution in [2.75, 3.05) is 20.8 Å². The Morgan fingerprint density at radius 3 is 2.45 bits per heavy atom. The van der Waals surface area contributed by atoms with Crippen LogP contribution in [0.1, 0.15) is 55.2 Å². The van der Waals surface area contributed by atoms with Gasteiger partial charge in [-0.1, -0.05) is 19.9 Å². The Bertz CT molecular complexity index is 482. The van der Waals surface area contributed by atoms with E-state index in [0.717, 1.165) is 29.9 Å². The minimum Gasteiger partial charge on any atom is -0.493 e. The molecule has 1 aromatic rings. The van der Waals surface area contributed by atoms with Gasteiger partial charge in [0.15, 0.2) is 11.5 Å². The van der Waals surface area contributed by atoms with Crippen molar-refractivity contribution in [3.8, 4) is 11.5 Å². The lowest BCUT2D eigenvalue weighted by Crippen LogP contribution is -2.22. The van der Waals surface area contributed by atoms with Gasteiger partial charge in [0.05, 0.1) is 14.2 Å². The highest BCUT2D eigenvalue weighted by Crippen LogP contribution is 2.50. The quantitative estimate of drug-likeness (QED) is 0.914. The molecule has 0 bridgehead atoms. The molecule has 0 saturated heterocycles. The van der Waals surface area contributed by atoms with Crippen LogP contribution in [0.25, 0.3) is 0 Å². The minimum atomic E-state index is 0.228. The highest BCUT2D eigenvalue weighted by atomic mass is 16.5. The molecule has 1 aliphatic rings. The van der Waals surface area contributed by atoms with E-state index in [1.807, 2.05) is 0 Å². The second kappa shape index (κ2) is 6.04. The van der Waals surface area contributed by atoms with Crippen LogP contribution in [0.2, 0.25) is 0 Å². The number of fused-ring (bicyclic) bond motifs is 1. The third kappa shape index (κ3) is 2.39. The zero-order chi connectivity index (χ0) is 14.9. The summed E-state index contributed by atoms with van der Waals surface area (Å²) in [5, 5.41) is 9.52. The maximum Gasteiger partial charge on any atom is 0.164 e. The van der Waals surface area contributed by atoms with Crippen molar-refractivity contribution >= 4 is 0 Å². The first kappa shape index (κ1) is 15.2. The Balaban J connectivity index is 2.63. The molecule has 3 nitrogen and oxygen atoms in total. The van der Waals surface area contributed by atoms with Crippen molar-refractivity contribution in [2.45, 2.75) is 45.4 Å². The molecule has 1 aromatic carbocycles. The van der Waals surface area contributed by atoms with E-state index >= 15 is 0 Å². The van der Waals surface area contributed by atoms with Crippen molar-refractivity contribution < 1.29 is 14.6 Å². The molecule has 112 valence electrons. The predicted molar refractivity (Wildman–Crippen MR) is 80.9 cm³/mol. The van der Waals surface area contributed by atoms with E-state index in [9.17, 15) is 5.11 Å². The van der Waals surface area contributed by atoms with Crippen LogP contribution < -0.4 is 9.47 Å². The Labute approximate surface area is 121 Å². The molecular weight excluding hydrogens is 252 g/mol. The van der Waals surface area contributed by atoms with Crippen molar-refractivity contribution in [1.29, 1.82) is 0 Å². The first-order valence-corrected chi connectivity index (χ1v) is 7.41. The molecule has 0 unspecified atom stereocenters. The standard InChI is InChI=1S/C17H26O3/c1-10-6-7-13(12(3)9-18)14-8-11(2)16(19-4)17(20-5)15(10)14/h8,10,12-13,18H,6-7,9H2,1-5H3/t10-,12-,13+/m0/s1. The summed E-state index contributed by atoms with van der Waals surface area (Å²) < 4.78 is 11.2. The Kier molecular flexibility index (Phi) is 4.59. The summed E-state index contributed by atoms with van der Waals surface area (Å²) in [5.74, 6) is 2.88. The molecule has 0 amide bonds. The fraction of sp³-hybridized carbons (Fsp3) is 0.647. The number of aryl methyl sites for hydroxylation is 1. The third-order valence-corrected chi connectivity index (χ3v) is 4.68. The highest BCUT2D eigenvalue weighted by molar-refractivity contribution is 5.58. The van der Waals surface area contributed by atoms with Crippen LogP contribution in [0.15, 0.2) is 6.07 Å². The van der Waals surface area contributed by atoms with Crippen molar-refractivity contribution in [3.63, 3.8) is 0 Å². The monoisotopic (exact) mass is 278 g/mol. The number of rotatable bonds is 4. The van der Waals surface area contributed by atoms with Gasteiger partial charge in [0.25, 0.3) is 0 Å². The summed E-state index contributed by atoms with van der Waals surface area (Å²) in [5.41, 5.74) is 3.71. The molecule has 1 N–H and O–H groups in total. The molecule has 1 aliphatic carbocycles. The second-order valence-electron chi connectivity index (χ2n) is 6.01. The van der Waals surface area contributed by atoms with Gasteiger partial charge in [-0.25, -0.2) is 0 Å². The van der Waals surface area contributed by atoms with Crippen LogP contribution in [-0.2, 0) is 0 Å². The zero-order valence-corrected chi connectivity index (χ0v) is 13.2. The van der Waals surface area contributed by atoms with E-state index < -0.39 is 0 Å². The van der Waals surface area contributed by atoms with Crippen molar-refractivity contribution in [3.05, 3.63) is 22.8 Å². The molecule has 2 rings (SSSR count). The predicted octanol–water partition coefficient (Wildman–Crippen LogP) is 3.62. The lowest BCUT2D eigenvalue weighted by molar-refractivity contribution is 0.205. The minimum absolute atomic E-state index is 0.228. The number of ether oxygens (including phenoxy) is 2. The fourth-order valence-corrected chi connectivity index (χ4v) is 3.53. The van der Waals surface area contributed by atoms with E-state index in [0.29, 0.717) is 11.8 Å². The molecule has 3 atom stereocenters. The SMILES string of the molecule is COc1c(C)cc2c(c1OC)[C@@H](C)CC[C@@H]2[C@@H](C)CO. The van der Waals surface area contributed by atoms with E-state index in [2.05, 4.69) is 26.8 Å². The van der Waals surface area contributed by atoms with E-state index in [4.69, 9.17) is 9.47 Å². The molecule has 0 radical (unpaired) electrons. The maximum absolute atomic E-state index is 9.52. The van der Waals surface area contributed by atoms with Crippen LogP contribution in [0.3, 0.4) is 0 Å². The Morgan fingerprint density at radius 2 is 1.90 bits per heavy atom. The average molecular weight is 278 g/mol. The molecule has 3 heteroatoms. The molecular formula is C17H26O3. The summed E-state index contributed by atoms with van der Waals surface area (Å²) >= 11 is 0. The summed E-state index contributed by atoms with van der Waals surface area (Å²) in [6.07, 6.45) is 2.26. The van der Waals surface area contributed by atoms with Crippen LogP contribution in [0.4, 0.5) is 0 Å². The molecule has 0 saturated carbocycles. The van der Waals surface area contributed by atoms with Crippen LogP contribution in [0.5, 0.6) is 11.5 Å². The molecule has 0 spiro atoms. The Morgan fingerprint density at radius 1 is 1.25 bits per heavy atom. The second-order valence-corrected chi connectivity index (χ2v) is 6.01. The summed E-state index contributed by atoms with van der Waals surface area (Å²) in [4.78, 5) is 0. The van der Waals surface area contributed by atoms with Crippen LogP contribution >= 0.6 is 0 Å². The topological polar surface area (TPSA) is 38.7 Å². The van der Waals surface area contributed by atoms with E-state index in [-0.39, 0.29) is 12.5 Å². The smallest absolute Gasteiger partial charge is 0.164 e. The van der Waals surface area contributed by atoms with Gasteiger partial charge >= 0.3 is 0 Å². The number of aliphatic hydroxyl groups excluding tert-OH is 1. The average Bonchev–Trinajstić information content (AvgIpc) is 2.45. The molecule has 0 aromatic heterocycles. The van der Waals surface area contributed by atoms with Gasteiger partial charge in [0.2, 0.25) is 0 Å². The van der Waals surface area contributed by atoms with E-state index in [1.54, 1.807) is 14.2 Å². The molecule has 20 heavy (non-hydrogen) atoms. The van der Waals surface area contributed by atoms with Gasteiger partial charge in [-0.15, -0.1) is 0 Å². The summed E-state index contributed by atoms with van der Waals surface area (Å²) in [6.45, 7) is 6.65. The first-order chi connectivity index (χ1) is 9.54. The number of hydrogen-bond acceptors (Lipinski definition) is 3. The largest absolute Gasteiger partial charge is 0.493 e. The summed E-state index contributed by atoms with van der Waals surface area (Å²) in [6, 6.07) is 2.23. The Hall–Kier alpha value is -1.22. The van der Waals surface area contributed by atoms with Gasteiger partial charge in [0, 0.05) is 12.2 Å². The number of hydrogen-bond donors (Lipinski definition) is 1. The molecule has 0 heterocycles. The fourth-order valence-electron chi connectivity index (χ4n) is 3.53. The molecule has 0 aliphatic heterocycles. The third-order valence-electron chi connectivity index (χ3n) is 4.68. The normalized spacial score (nSPS) is 23.1. The van der Waals surface area contributed by atoms with Crippen LogP contribution in [0, 0.1) is 12.8 Å². The first-order valence-electron chi connectivity index (χ1n) is 7.41. The lowest BCUT2D eigenvalue weighted by atomic mass is 9.72. The van der Waals surface area contributed by atoms with Crippen molar-refractivity contribution in [1.82, 2.24) is 0 Å². The van der Waals surface area contributed by atoms with Crippen LogP contribution in [-0.4, -0.2) is 25.9 Å². The van der Waals surface area contributed by atoms with Gasteiger partial charge in [-0.2, -0.15) is 0 Å². The van der Waals surface area contributed by atoms with Gasteiger partial charge in [0.1, 0.15) is 0 Å².